The monoisotopic (exact) mass is 358 g/mol. The summed E-state index contributed by atoms with van der Waals surface area (Å²) in [6.45, 7) is 5.80. The van der Waals surface area contributed by atoms with E-state index in [0.29, 0.717) is 13.0 Å². The third-order valence-corrected chi connectivity index (χ3v) is 3.67. The van der Waals surface area contributed by atoms with Gasteiger partial charge in [-0.2, -0.15) is 13.2 Å². The van der Waals surface area contributed by atoms with Crippen molar-refractivity contribution in [2.75, 3.05) is 18.4 Å². The highest BCUT2D eigenvalue weighted by atomic mass is 19.4. The molecule has 1 aromatic carbocycles. The van der Waals surface area contributed by atoms with Gasteiger partial charge in [0, 0.05) is 18.8 Å². The quantitative estimate of drug-likeness (QED) is 0.872. The molecule has 1 atom stereocenters. The van der Waals surface area contributed by atoms with Crippen LogP contribution in [-0.2, 0) is 15.7 Å². The summed E-state index contributed by atoms with van der Waals surface area (Å²) >= 11 is 0. The van der Waals surface area contributed by atoms with Crippen molar-refractivity contribution < 1.29 is 27.5 Å². The predicted molar refractivity (Wildman–Crippen MR) is 86.0 cm³/mol. The number of rotatable bonds is 2. The van der Waals surface area contributed by atoms with Gasteiger partial charge >= 0.3 is 12.3 Å². The number of hydrogen-bond donors (Lipinski definition) is 1. The highest BCUT2D eigenvalue weighted by Crippen LogP contribution is 2.31. The fraction of sp³-hybridized carbons (Fsp3) is 0.529. The summed E-state index contributed by atoms with van der Waals surface area (Å²) in [6, 6.07) is 4.46. The Balaban J connectivity index is 1.96. The Hall–Kier alpha value is -2.25. The van der Waals surface area contributed by atoms with Crippen molar-refractivity contribution in [3.05, 3.63) is 29.8 Å². The molecule has 2 amide bonds. The fourth-order valence-electron chi connectivity index (χ4n) is 2.48. The second kappa shape index (κ2) is 6.93. The third kappa shape index (κ3) is 5.37. The SMILES string of the molecule is CC(C)(C)OC(=O)N1CCC(C(=O)Nc2cccc(C(F)(F)F)c2)C1. The van der Waals surface area contributed by atoms with Crippen LogP contribution in [0.5, 0.6) is 0 Å². The first-order valence-corrected chi connectivity index (χ1v) is 7.92. The summed E-state index contributed by atoms with van der Waals surface area (Å²) in [7, 11) is 0. The predicted octanol–water partition coefficient (Wildman–Crippen LogP) is 3.90. The molecule has 1 fully saturated rings. The summed E-state index contributed by atoms with van der Waals surface area (Å²) in [4.78, 5) is 25.7. The molecule has 8 heteroatoms. The molecule has 0 radical (unpaired) electrons. The molecule has 0 bridgehead atoms. The lowest BCUT2D eigenvalue weighted by molar-refractivity contribution is -0.137. The number of carbonyl (C=O) groups excluding carboxylic acids is 2. The van der Waals surface area contributed by atoms with Gasteiger partial charge in [-0.25, -0.2) is 4.79 Å². The molecule has 1 saturated heterocycles. The van der Waals surface area contributed by atoms with E-state index in [9.17, 15) is 22.8 Å². The molecule has 0 spiro atoms. The lowest BCUT2D eigenvalue weighted by Crippen LogP contribution is -2.36. The average molecular weight is 358 g/mol. The van der Waals surface area contributed by atoms with Gasteiger partial charge < -0.3 is 15.0 Å². The van der Waals surface area contributed by atoms with Gasteiger partial charge in [-0.1, -0.05) is 6.07 Å². The first-order chi connectivity index (χ1) is 11.5. The molecule has 0 aliphatic carbocycles. The maximum absolute atomic E-state index is 12.7. The summed E-state index contributed by atoms with van der Waals surface area (Å²) in [5, 5.41) is 2.49. The van der Waals surface area contributed by atoms with Crippen molar-refractivity contribution in [3.63, 3.8) is 0 Å². The van der Waals surface area contributed by atoms with E-state index in [1.165, 1.54) is 17.0 Å². The van der Waals surface area contributed by atoms with Crippen LogP contribution in [0.2, 0.25) is 0 Å². The molecule has 1 aliphatic rings. The number of hydrogen-bond acceptors (Lipinski definition) is 3. The van der Waals surface area contributed by atoms with Crippen LogP contribution in [-0.4, -0.2) is 35.6 Å². The number of anilines is 1. The number of ether oxygens (including phenoxy) is 1. The zero-order valence-corrected chi connectivity index (χ0v) is 14.3. The van der Waals surface area contributed by atoms with Crippen LogP contribution in [0.1, 0.15) is 32.8 Å². The van der Waals surface area contributed by atoms with E-state index in [4.69, 9.17) is 4.74 Å². The van der Waals surface area contributed by atoms with Gasteiger partial charge in [0.05, 0.1) is 11.5 Å². The van der Waals surface area contributed by atoms with Gasteiger partial charge in [-0.05, 0) is 45.4 Å². The van der Waals surface area contributed by atoms with E-state index in [1.54, 1.807) is 20.8 Å². The largest absolute Gasteiger partial charge is 0.444 e. The smallest absolute Gasteiger partial charge is 0.416 e. The molecular weight excluding hydrogens is 337 g/mol. The molecule has 1 aromatic rings. The highest BCUT2D eigenvalue weighted by Gasteiger charge is 2.34. The van der Waals surface area contributed by atoms with Crippen molar-refractivity contribution in [3.8, 4) is 0 Å². The Bertz CT molecular complexity index is 653. The molecule has 1 heterocycles. The molecule has 5 nitrogen and oxygen atoms in total. The van der Waals surface area contributed by atoms with Gasteiger partial charge in [0.25, 0.3) is 0 Å². The Morgan fingerprint density at radius 2 is 1.92 bits per heavy atom. The Morgan fingerprint density at radius 1 is 1.24 bits per heavy atom. The molecular formula is C17H21F3N2O3. The van der Waals surface area contributed by atoms with Crippen LogP contribution in [0.4, 0.5) is 23.7 Å². The van der Waals surface area contributed by atoms with Crippen molar-refractivity contribution in [1.82, 2.24) is 4.90 Å². The van der Waals surface area contributed by atoms with E-state index in [2.05, 4.69) is 5.32 Å². The number of carbonyl (C=O) groups is 2. The Kier molecular flexibility index (Phi) is 5.29. The average Bonchev–Trinajstić information content (AvgIpc) is 2.95. The molecule has 138 valence electrons. The number of amides is 2. The zero-order chi connectivity index (χ0) is 18.8. The van der Waals surface area contributed by atoms with Crippen LogP contribution in [0.25, 0.3) is 0 Å². The number of halogens is 3. The maximum atomic E-state index is 12.7. The number of likely N-dealkylation sites (tertiary alicyclic amines) is 1. The molecule has 0 saturated carbocycles. The molecule has 2 rings (SSSR count). The zero-order valence-electron chi connectivity index (χ0n) is 14.3. The normalized spacial score (nSPS) is 18.2. The van der Waals surface area contributed by atoms with Crippen LogP contribution >= 0.6 is 0 Å². The summed E-state index contributed by atoms with van der Waals surface area (Å²) in [6.07, 6.45) is -4.53. The van der Waals surface area contributed by atoms with Crippen molar-refractivity contribution >= 4 is 17.7 Å². The number of nitrogens with zero attached hydrogens (tertiary/aromatic N) is 1. The number of alkyl halides is 3. The van der Waals surface area contributed by atoms with Crippen LogP contribution < -0.4 is 5.32 Å². The van der Waals surface area contributed by atoms with E-state index in [0.717, 1.165) is 12.1 Å². The Morgan fingerprint density at radius 3 is 2.52 bits per heavy atom. The second-order valence-electron chi connectivity index (χ2n) is 6.98. The first-order valence-electron chi connectivity index (χ1n) is 7.92. The Labute approximate surface area is 144 Å². The fourth-order valence-corrected chi connectivity index (χ4v) is 2.48. The molecule has 1 N–H and O–H groups in total. The lowest BCUT2D eigenvalue weighted by Gasteiger charge is -2.24. The van der Waals surface area contributed by atoms with Gasteiger partial charge in [0.1, 0.15) is 5.60 Å². The molecule has 25 heavy (non-hydrogen) atoms. The number of nitrogens with one attached hydrogen (secondary N) is 1. The standard InChI is InChI=1S/C17H21F3N2O3/c1-16(2,3)25-15(24)22-8-7-11(10-22)14(23)21-13-6-4-5-12(9-13)17(18,19)20/h4-6,9,11H,7-8,10H2,1-3H3,(H,21,23). The minimum atomic E-state index is -4.47. The van der Waals surface area contributed by atoms with E-state index in [-0.39, 0.29) is 12.2 Å². The molecule has 1 unspecified atom stereocenters. The molecule has 0 aromatic heterocycles. The lowest BCUT2D eigenvalue weighted by atomic mass is 10.1. The van der Waals surface area contributed by atoms with Gasteiger partial charge in [0.15, 0.2) is 0 Å². The summed E-state index contributed by atoms with van der Waals surface area (Å²) in [5.41, 5.74) is -1.38. The summed E-state index contributed by atoms with van der Waals surface area (Å²) < 4.78 is 43.4. The van der Waals surface area contributed by atoms with Crippen molar-refractivity contribution in [2.45, 2.75) is 39.0 Å². The highest BCUT2D eigenvalue weighted by molar-refractivity contribution is 5.93. The molecule has 1 aliphatic heterocycles. The first kappa shape index (κ1) is 19.1. The van der Waals surface area contributed by atoms with E-state index in [1.807, 2.05) is 0 Å². The van der Waals surface area contributed by atoms with Gasteiger partial charge in [0.2, 0.25) is 5.91 Å². The topological polar surface area (TPSA) is 58.6 Å². The minimum absolute atomic E-state index is 0.0792. The van der Waals surface area contributed by atoms with Gasteiger partial charge in [-0.3, -0.25) is 4.79 Å². The second-order valence-corrected chi connectivity index (χ2v) is 6.98. The van der Waals surface area contributed by atoms with Crippen molar-refractivity contribution in [1.29, 1.82) is 0 Å². The van der Waals surface area contributed by atoms with Crippen molar-refractivity contribution in [2.24, 2.45) is 5.92 Å². The van der Waals surface area contributed by atoms with Gasteiger partial charge in [-0.15, -0.1) is 0 Å². The van der Waals surface area contributed by atoms with Crippen LogP contribution in [0.3, 0.4) is 0 Å². The van der Waals surface area contributed by atoms with Crippen LogP contribution in [0, 0.1) is 5.92 Å². The van der Waals surface area contributed by atoms with E-state index < -0.39 is 35.3 Å². The maximum Gasteiger partial charge on any atom is 0.416 e. The summed E-state index contributed by atoms with van der Waals surface area (Å²) in [5.74, 6) is -0.896. The van der Waals surface area contributed by atoms with E-state index >= 15 is 0 Å². The minimum Gasteiger partial charge on any atom is -0.444 e. The third-order valence-electron chi connectivity index (χ3n) is 3.67. The van der Waals surface area contributed by atoms with Crippen LogP contribution in [0.15, 0.2) is 24.3 Å². The number of benzene rings is 1.